The van der Waals surface area contributed by atoms with Gasteiger partial charge >= 0.3 is 0 Å². The van der Waals surface area contributed by atoms with Crippen LogP contribution in [-0.4, -0.2) is 28.8 Å². The van der Waals surface area contributed by atoms with E-state index in [0.29, 0.717) is 6.61 Å². The van der Waals surface area contributed by atoms with Gasteiger partial charge in [0.15, 0.2) is 0 Å². The monoisotopic (exact) mass is 285 g/mol. The van der Waals surface area contributed by atoms with E-state index in [-0.39, 0.29) is 17.9 Å². The third-order valence-corrected chi connectivity index (χ3v) is 3.91. The zero-order chi connectivity index (χ0) is 14.7. The smallest absolute Gasteiger partial charge is 0.230 e. The van der Waals surface area contributed by atoms with Crippen molar-refractivity contribution >= 4 is 11.6 Å². The molecule has 1 saturated heterocycles. The molecule has 1 aromatic carbocycles. The van der Waals surface area contributed by atoms with Gasteiger partial charge in [-0.15, -0.1) is 0 Å². The predicted molar refractivity (Wildman–Crippen MR) is 80.8 cm³/mol. The lowest BCUT2D eigenvalue weighted by atomic mass is 9.98. The van der Waals surface area contributed by atoms with Crippen LogP contribution >= 0.6 is 0 Å². The van der Waals surface area contributed by atoms with Gasteiger partial charge in [0, 0.05) is 18.5 Å². The van der Waals surface area contributed by atoms with Gasteiger partial charge in [-0.2, -0.15) is 5.10 Å². The molecule has 2 N–H and O–H groups in total. The standard InChI is InChI=1S/C16H19N3O2/c1-2-15-13(8-10-21-15)16(20)18-12-5-3-11(4-6-12)14-7-9-17-19-14/h3-7,9,13,15H,2,8,10H2,1H3,(H,17,19)(H,18,20). The fourth-order valence-corrected chi connectivity index (χ4v) is 2.74. The Kier molecular flexibility index (Phi) is 4.01. The van der Waals surface area contributed by atoms with Crippen LogP contribution < -0.4 is 5.32 Å². The molecule has 2 atom stereocenters. The lowest BCUT2D eigenvalue weighted by molar-refractivity contribution is -0.121. The number of amides is 1. The minimum absolute atomic E-state index is 0.0396. The molecule has 2 unspecified atom stereocenters. The Morgan fingerprint density at radius 2 is 2.19 bits per heavy atom. The Labute approximate surface area is 123 Å². The number of carbonyl (C=O) groups excluding carboxylic acids is 1. The molecule has 0 radical (unpaired) electrons. The molecule has 1 amide bonds. The second-order valence-corrected chi connectivity index (χ2v) is 5.25. The summed E-state index contributed by atoms with van der Waals surface area (Å²) < 4.78 is 5.57. The molecule has 0 bridgehead atoms. The largest absolute Gasteiger partial charge is 0.377 e. The van der Waals surface area contributed by atoms with E-state index in [1.54, 1.807) is 6.20 Å². The maximum absolute atomic E-state index is 12.3. The molecule has 0 saturated carbocycles. The highest BCUT2D eigenvalue weighted by Crippen LogP contribution is 2.25. The summed E-state index contributed by atoms with van der Waals surface area (Å²) in [6.45, 7) is 2.73. The molecular formula is C16H19N3O2. The Morgan fingerprint density at radius 1 is 1.38 bits per heavy atom. The molecule has 0 spiro atoms. The summed E-state index contributed by atoms with van der Waals surface area (Å²) in [7, 11) is 0. The van der Waals surface area contributed by atoms with Crippen LogP contribution in [0, 0.1) is 5.92 Å². The van der Waals surface area contributed by atoms with Crippen molar-refractivity contribution in [3.63, 3.8) is 0 Å². The summed E-state index contributed by atoms with van der Waals surface area (Å²) in [5, 5.41) is 9.82. The Balaban J connectivity index is 1.66. The summed E-state index contributed by atoms with van der Waals surface area (Å²) in [6, 6.07) is 9.65. The number of anilines is 1. The van der Waals surface area contributed by atoms with E-state index in [0.717, 1.165) is 29.8 Å². The van der Waals surface area contributed by atoms with Crippen LogP contribution in [0.5, 0.6) is 0 Å². The van der Waals surface area contributed by atoms with Gasteiger partial charge in [0.2, 0.25) is 5.91 Å². The van der Waals surface area contributed by atoms with Crippen LogP contribution in [0.3, 0.4) is 0 Å². The van der Waals surface area contributed by atoms with Crippen molar-refractivity contribution < 1.29 is 9.53 Å². The van der Waals surface area contributed by atoms with Crippen LogP contribution in [0.15, 0.2) is 36.5 Å². The van der Waals surface area contributed by atoms with Crippen molar-refractivity contribution in [1.82, 2.24) is 10.2 Å². The fourth-order valence-electron chi connectivity index (χ4n) is 2.74. The molecule has 1 aliphatic rings. The number of benzene rings is 1. The number of aromatic amines is 1. The van der Waals surface area contributed by atoms with Gasteiger partial charge in [-0.1, -0.05) is 19.1 Å². The van der Waals surface area contributed by atoms with Crippen molar-refractivity contribution in [2.45, 2.75) is 25.9 Å². The highest BCUT2D eigenvalue weighted by molar-refractivity contribution is 5.93. The van der Waals surface area contributed by atoms with E-state index in [2.05, 4.69) is 22.4 Å². The van der Waals surface area contributed by atoms with Crippen molar-refractivity contribution in [2.75, 3.05) is 11.9 Å². The third-order valence-electron chi connectivity index (χ3n) is 3.91. The van der Waals surface area contributed by atoms with Gasteiger partial charge in [0.1, 0.15) is 0 Å². The summed E-state index contributed by atoms with van der Waals surface area (Å²) >= 11 is 0. The van der Waals surface area contributed by atoms with E-state index in [9.17, 15) is 4.79 Å². The van der Waals surface area contributed by atoms with Crippen molar-refractivity contribution in [3.8, 4) is 11.3 Å². The van der Waals surface area contributed by atoms with E-state index >= 15 is 0 Å². The molecule has 1 aromatic heterocycles. The minimum Gasteiger partial charge on any atom is -0.377 e. The van der Waals surface area contributed by atoms with Gasteiger partial charge in [0.05, 0.1) is 17.7 Å². The lowest BCUT2D eigenvalue weighted by Gasteiger charge is -2.16. The van der Waals surface area contributed by atoms with E-state index in [1.807, 2.05) is 30.3 Å². The number of rotatable bonds is 4. The first-order valence-electron chi connectivity index (χ1n) is 7.30. The zero-order valence-corrected chi connectivity index (χ0v) is 12.0. The summed E-state index contributed by atoms with van der Waals surface area (Å²) in [4.78, 5) is 12.3. The van der Waals surface area contributed by atoms with Crippen LogP contribution in [0.2, 0.25) is 0 Å². The van der Waals surface area contributed by atoms with Crippen LogP contribution in [0.25, 0.3) is 11.3 Å². The SMILES string of the molecule is CCC1OCCC1C(=O)Nc1ccc(-c2ccn[nH]2)cc1. The molecule has 1 fully saturated rings. The minimum atomic E-state index is -0.0396. The second-order valence-electron chi connectivity index (χ2n) is 5.25. The molecule has 5 heteroatoms. The molecule has 1 aliphatic heterocycles. The number of carbonyl (C=O) groups is 1. The van der Waals surface area contributed by atoms with Crippen LogP contribution in [0.1, 0.15) is 19.8 Å². The molecule has 2 heterocycles. The lowest BCUT2D eigenvalue weighted by Crippen LogP contribution is -2.29. The first-order valence-corrected chi connectivity index (χ1v) is 7.30. The Hall–Kier alpha value is -2.14. The molecular weight excluding hydrogens is 266 g/mol. The molecule has 0 aliphatic carbocycles. The number of hydrogen-bond donors (Lipinski definition) is 2. The number of aromatic nitrogens is 2. The van der Waals surface area contributed by atoms with Crippen LogP contribution in [-0.2, 0) is 9.53 Å². The quantitative estimate of drug-likeness (QED) is 0.907. The zero-order valence-electron chi connectivity index (χ0n) is 12.0. The van der Waals surface area contributed by atoms with Gasteiger partial charge in [-0.05, 0) is 36.6 Å². The van der Waals surface area contributed by atoms with Gasteiger partial charge in [-0.25, -0.2) is 0 Å². The first-order chi connectivity index (χ1) is 10.3. The number of ether oxygens (including phenoxy) is 1. The molecule has 21 heavy (non-hydrogen) atoms. The normalized spacial score (nSPS) is 21.4. The summed E-state index contributed by atoms with van der Waals surface area (Å²) in [5.41, 5.74) is 2.81. The second kappa shape index (κ2) is 6.10. The highest BCUT2D eigenvalue weighted by Gasteiger charge is 2.32. The Morgan fingerprint density at radius 3 is 2.86 bits per heavy atom. The van der Waals surface area contributed by atoms with Gasteiger partial charge in [-0.3, -0.25) is 9.89 Å². The van der Waals surface area contributed by atoms with Gasteiger partial charge < -0.3 is 10.1 Å². The summed E-state index contributed by atoms with van der Waals surface area (Å²) in [5.74, 6) is 0.0101. The topological polar surface area (TPSA) is 67.0 Å². The summed E-state index contributed by atoms with van der Waals surface area (Å²) in [6.07, 6.45) is 3.44. The van der Waals surface area contributed by atoms with Crippen LogP contribution in [0.4, 0.5) is 5.69 Å². The number of H-pyrrole nitrogens is 1. The van der Waals surface area contributed by atoms with E-state index in [1.165, 1.54) is 0 Å². The van der Waals surface area contributed by atoms with E-state index < -0.39 is 0 Å². The van der Waals surface area contributed by atoms with Crippen molar-refractivity contribution in [1.29, 1.82) is 0 Å². The molecule has 110 valence electrons. The average molecular weight is 285 g/mol. The average Bonchev–Trinajstić information content (AvgIpc) is 3.19. The maximum atomic E-state index is 12.3. The predicted octanol–water partition coefficient (Wildman–Crippen LogP) is 2.83. The van der Waals surface area contributed by atoms with Crippen molar-refractivity contribution in [3.05, 3.63) is 36.5 Å². The van der Waals surface area contributed by atoms with Gasteiger partial charge in [0.25, 0.3) is 0 Å². The molecule has 2 aromatic rings. The van der Waals surface area contributed by atoms with Crippen molar-refractivity contribution in [2.24, 2.45) is 5.92 Å². The van der Waals surface area contributed by atoms with E-state index in [4.69, 9.17) is 4.74 Å². The highest BCUT2D eigenvalue weighted by atomic mass is 16.5. The number of hydrogen-bond acceptors (Lipinski definition) is 3. The number of nitrogens with one attached hydrogen (secondary N) is 2. The third kappa shape index (κ3) is 2.97. The Bertz CT molecular complexity index is 592. The fraction of sp³-hybridized carbons (Fsp3) is 0.375. The first kappa shape index (κ1) is 13.8. The molecule has 3 rings (SSSR count). The number of nitrogens with zero attached hydrogens (tertiary/aromatic N) is 1. The molecule has 5 nitrogen and oxygen atoms in total. The maximum Gasteiger partial charge on any atom is 0.230 e.